The van der Waals surface area contributed by atoms with Crippen molar-refractivity contribution in [2.24, 2.45) is 5.92 Å². The number of hydrogen-bond acceptors (Lipinski definition) is 5. The predicted molar refractivity (Wildman–Crippen MR) is 115 cm³/mol. The summed E-state index contributed by atoms with van der Waals surface area (Å²) in [7, 11) is 1.72. The lowest BCUT2D eigenvalue weighted by Crippen LogP contribution is -2.48. The third kappa shape index (κ3) is 7.04. The van der Waals surface area contributed by atoms with Crippen LogP contribution < -0.4 is 4.74 Å². The van der Waals surface area contributed by atoms with Crippen molar-refractivity contribution in [2.75, 3.05) is 26.7 Å². The summed E-state index contributed by atoms with van der Waals surface area (Å²) in [4.78, 5) is 40.0. The van der Waals surface area contributed by atoms with Gasteiger partial charge in [-0.15, -0.1) is 0 Å². The maximum absolute atomic E-state index is 12.9. The molecule has 1 aliphatic rings. The number of hydrogen-bond donors (Lipinski definition) is 0. The Morgan fingerprint density at radius 3 is 2.60 bits per heavy atom. The molecule has 2 atom stereocenters. The zero-order valence-corrected chi connectivity index (χ0v) is 18.9. The van der Waals surface area contributed by atoms with Crippen molar-refractivity contribution in [3.05, 3.63) is 29.8 Å². The van der Waals surface area contributed by atoms with Crippen molar-refractivity contribution in [3.8, 4) is 5.75 Å². The lowest BCUT2D eigenvalue weighted by atomic mass is 9.97. The van der Waals surface area contributed by atoms with Crippen molar-refractivity contribution in [2.45, 2.75) is 59.2 Å². The summed E-state index contributed by atoms with van der Waals surface area (Å²) in [6, 6.07) is 6.86. The van der Waals surface area contributed by atoms with Crippen molar-refractivity contribution < 1.29 is 23.9 Å². The predicted octanol–water partition coefficient (Wildman–Crippen LogP) is 3.76. The molecule has 1 saturated heterocycles. The van der Waals surface area contributed by atoms with E-state index in [-0.39, 0.29) is 23.7 Å². The number of Topliss-reactive ketones (excluding diaryl/α,β-unsaturated/α-hetero) is 1. The summed E-state index contributed by atoms with van der Waals surface area (Å²) in [5.74, 6) is 0.551. The lowest BCUT2D eigenvalue weighted by Gasteiger charge is -2.36. The van der Waals surface area contributed by atoms with E-state index in [2.05, 4.69) is 0 Å². The molecule has 1 aromatic carbocycles. The summed E-state index contributed by atoms with van der Waals surface area (Å²) in [6.45, 7) is 10.5. The van der Waals surface area contributed by atoms with Gasteiger partial charge in [-0.05, 0) is 65.5 Å². The Bertz CT molecular complexity index is 771. The maximum Gasteiger partial charge on any atom is 0.410 e. The van der Waals surface area contributed by atoms with Crippen LogP contribution in [0.3, 0.4) is 0 Å². The molecule has 0 radical (unpaired) electrons. The monoisotopic (exact) mass is 418 g/mol. The zero-order valence-electron chi connectivity index (χ0n) is 18.9. The Hall–Kier alpha value is -2.57. The highest BCUT2D eigenvalue weighted by atomic mass is 16.6. The van der Waals surface area contributed by atoms with Crippen molar-refractivity contribution in [3.63, 3.8) is 0 Å². The molecule has 0 bridgehead atoms. The van der Waals surface area contributed by atoms with Crippen molar-refractivity contribution in [1.29, 1.82) is 0 Å². The average molecular weight is 419 g/mol. The fourth-order valence-electron chi connectivity index (χ4n) is 3.52. The van der Waals surface area contributed by atoms with E-state index in [0.29, 0.717) is 30.9 Å². The highest BCUT2D eigenvalue weighted by molar-refractivity contribution is 5.94. The quantitative estimate of drug-likeness (QED) is 0.658. The molecule has 0 spiro atoms. The molecular weight excluding hydrogens is 384 g/mol. The second kappa shape index (κ2) is 9.96. The summed E-state index contributed by atoms with van der Waals surface area (Å²) < 4.78 is 11.2. The molecule has 2 unspecified atom stereocenters. The molecule has 2 amide bonds. The van der Waals surface area contributed by atoms with E-state index in [1.807, 2.05) is 20.8 Å². The van der Waals surface area contributed by atoms with Crippen molar-refractivity contribution in [1.82, 2.24) is 9.80 Å². The number of nitrogens with zero attached hydrogens (tertiary/aromatic N) is 2. The number of ketones is 1. The van der Waals surface area contributed by atoms with E-state index in [0.717, 1.165) is 12.8 Å². The summed E-state index contributed by atoms with van der Waals surface area (Å²) in [5.41, 5.74) is 0.0159. The standard InChI is InChI=1S/C23H34N2O5/c1-16(26)19-10-7-11-20(13-19)29-17(2)21(27)25-12-8-9-18(15-25)14-24(6)22(28)30-23(3,4)5/h7,10-11,13,17-18H,8-9,12,14-15H2,1-6H3. The van der Waals surface area contributed by atoms with Crippen LogP contribution in [0, 0.1) is 5.92 Å². The van der Waals surface area contributed by atoms with Gasteiger partial charge < -0.3 is 19.3 Å². The largest absolute Gasteiger partial charge is 0.481 e. The van der Waals surface area contributed by atoms with Crippen molar-refractivity contribution >= 4 is 17.8 Å². The first kappa shape index (κ1) is 23.7. The van der Waals surface area contributed by atoms with Crippen LogP contribution >= 0.6 is 0 Å². The molecule has 1 aromatic rings. The fraction of sp³-hybridized carbons (Fsp3) is 0.609. The molecule has 0 N–H and O–H groups in total. The van der Waals surface area contributed by atoms with Crippen LogP contribution in [0.5, 0.6) is 5.75 Å². The van der Waals surface area contributed by atoms with Crippen LogP contribution in [0.2, 0.25) is 0 Å². The van der Waals surface area contributed by atoms with E-state index in [1.54, 1.807) is 48.0 Å². The average Bonchev–Trinajstić information content (AvgIpc) is 2.66. The number of likely N-dealkylation sites (tertiary alicyclic amines) is 1. The number of amides is 2. The molecule has 166 valence electrons. The Kier molecular flexibility index (Phi) is 7.87. The molecule has 30 heavy (non-hydrogen) atoms. The normalized spacial score (nSPS) is 17.8. The van der Waals surface area contributed by atoms with E-state index in [4.69, 9.17) is 9.47 Å². The summed E-state index contributed by atoms with van der Waals surface area (Å²) in [6.07, 6.45) is 0.820. The van der Waals surface area contributed by atoms with Crippen LogP contribution in [-0.4, -0.2) is 66.0 Å². The van der Waals surface area contributed by atoms with Gasteiger partial charge in [0.1, 0.15) is 11.4 Å². The van der Waals surface area contributed by atoms with Gasteiger partial charge >= 0.3 is 6.09 Å². The van der Waals surface area contributed by atoms with Gasteiger partial charge in [-0.3, -0.25) is 9.59 Å². The minimum Gasteiger partial charge on any atom is -0.481 e. The van der Waals surface area contributed by atoms with Gasteiger partial charge in [0.25, 0.3) is 5.91 Å². The molecule has 0 saturated carbocycles. The van der Waals surface area contributed by atoms with Gasteiger partial charge in [-0.25, -0.2) is 4.79 Å². The maximum atomic E-state index is 12.9. The third-order valence-electron chi connectivity index (χ3n) is 4.97. The first-order chi connectivity index (χ1) is 14.0. The Labute approximate surface area is 179 Å². The minimum absolute atomic E-state index is 0.0487. The highest BCUT2D eigenvalue weighted by Gasteiger charge is 2.30. The molecule has 7 heteroatoms. The second-order valence-electron chi connectivity index (χ2n) is 9.00. The fourth-order valence-corrected chi connectivity index (χ4v) is 3.52. The smallest absolute Gasteiger partial charge is 0.410 e. The van der Waals surface area contributed by atoms with Crippen LogP contribution in [0.4, 0.5) is 4.79 Å². The molecule has 1 heterocycles. The number of piperidine rings is 1. The number of benzene rings is 1. The van der Waals surface area contributed by atoms with Crippen LogP contribution in [-0.2, 0) is 9.53 Å². The summed E-state index contributed by atoms with van der Waals surface area (Å²) in [5, 5.41) is 0. The van der Waals surface area contributed by atoms with Crippen LogP contribution in [0.25, 0.3) is 0 Å². The molecule has 2 rings (SSSR count). The van der Waals surface area contributed by atoms with Crippen LogP contribution in [0.15, 0.2) is 24.3 Å². The van der Waals surface area contributed by atoms with E-state index >= 15 is 0 Å². The first-order valence-electron chi connectivity index (χ1n) is 10.5. The second-order valence-corrected chi connectivity index (χ2v) is 9.00. The number of carbonyl (C=O) groups excluding carboxylic acids is 3. The van der Waals surface area contributed by atoms with Gasteiger partial charge in [0, 0.05) is 32.2 Å². The first-order valence-corrected chi connectivity index (χ1v) is 10.5. The van der Waals surface area contributed by atoms with Crippen LogP contribution in [0.1, 0.15) is 57.8 Å². The molecule has 1 aliphatic heterocycles. The Balaban J connectivity index is 1.92. The third-order valence-corrected chi connectivity index (χ3v) is 4.97. The SMILES string of the molecule is CC(=O)c1cccc(OC(C)C(=O)N2CCCC(CN(C)C(=O)OC(C)(C)C)C2)c1. The van der Waals surface area contributed by atoms with E-state index in [1.165, 1.54) is 6.92 Å². The minimum atomic E-state index is -0.658. The molecule has 0 aromatic heterocycles. The highest BCUT2D eigenvalue weighted by Crippen LogP contribution is 2.21. The van der Waals surface area contributed by atoms with Gasteiger partial charge in [0.2, 0.25) is 0 Å². The van der Waals surface area contributed by atoms with E-state index < -0.39 is 11.7 Å². The molecule has 1 fully saturated rings. The number of ether oxygens (including phenoxy) is 2. The topological polar surface area (TPSA) is 76.2 Å². The van der Waals surface area contributed by atoms with Gasteiger partial charge in [-0.2, -0.15) is 0 Å². The van der Waals surface area contributed by atoms with Gasteiger partial charge in [0.05, 0.1) is 0 Å². The molecular formula is C23H34N2O5. The Morgan fingerprint density at radius 1 is 1.27 bits per heavy atom. The number of carbonyl (C=O) groups is 3. The summed E-state index contributed by atoms with van der Waals surface area (Å²) >= 11 is 0. The molecule has 0 aliphatic carbocycles. The van der Waals surface area contributed by atoms with Gasteiger partial charge in [0.15, 0.2) is 11.9 Å². The lowest BCUT2D eigenvalue weighted by molar-refractivity contribution is -0.139. The zero-order chi connectivity index (χ0) is 22.5. The number of rotatable bonds is 6. The van der Waals surface area contributed by atoms with Gasteiger partial charge in [-0.1, -0.05) is 12.1 Å². The molecule has 7 nitrogen and oxygen atoms in total. The Morgan fingerprint density at radius 2 is 1.97 bits per heavy atom. The van der Waals surface area contributed by atoms with E-state index in [9.17, 15) is 14.4 Å².